The Labute approximate surface area is 110 Å². The summed E-state index contributed by atoms with van der Waals surface area (Å²) in [5.41, 5.74) is 3.63. The topological polar surface area (TPSA) is 16.1 Å². The van der Waals surface area contributed by atoms with Crippen LogP contribution in [0.4, 0.5) is 5.69 Å². The Hall–Kier alpha value is -1.35. The van der Waals surface area contributed by atoms with E-state index in [4.69, 9.17) is 0 Å². The zero-order chi connectivity index (χ0) is 12.1. The fourth-order valence-corrected chi connectivity index (χ4v) is 2.29. The van der Waals surface area contributed by atoms with E-state index in [0.29, 0.717) is 0 Å². The Kier molecular flexibility index (Phi) is 4.15. The van der Waals surface area contributed by atoms with Crippen molar-refractivity contribution in [2.45, 2.75) is 11.9 Å². The van der Waals surface area contributed by atoms with Crippen LogP contribution >= 0.6 is 15.9 Å². The molecule has 0 amide bonds. The van der Waals surface area contributed by atoms with Gasteiger partial charge in [0.2, 0.25) is 0 Å². The van der Waals surface area contributed by atoms with Gasteiger partial charge in [-0.2, -0.15) is 0 Å². The normalized spacial score (nSPS) is 10.2. The quantitative estimate of drug-likeness (QED) is 0.800. The molecular weight excluding hydrogens is 276 g/mol. The molecule has 0 saturated carbocycles. The molecule has 0 bridgehead atoms. The van der Waals surface area contributed by atoms with Crippen molar-refractivity contribution in [3.8, 4) is 0 Å². The molecule has 1 aromatic carbocycles. The highest BCUT2D eigenvalue weighted by atomic mass is 79.9. The molecule has 1 aromatic heterocycles. The number of benzene rings is 1. The third-order valence-corrected chi connectivity index (χ3v) is 3.28. The summed E-state index contributed by atoms with van der Waals surface area (Å²) in [6.45, 7) is 0.824. The molecule has 2 nitrogen and oxygen atoms in total. The zero-order valence-corrected chi connectivity index (χ0v) is 11.4. The average molecular weight is 291 g/mol. The monoisotopic (exact) mass is 290 g/mol. The molecular formula is C14H15BrN2. The molecule has 0 aliphatic heterocycles. The Morgan fingerprint density at radius 1 is 1.12 bits per heavy atom. The van der Waals surface area contributed by atoms with Crippen LogP contribution in [0.5, 0.6) is 0 Å². The SMILES string of the molecule is CN(Cc1ccccn1)c1ccccc1CBr. The minimum Gasteiger partial charge on any atom is -0.368 e. The van der Waals surface area contributed by atoms with E-state index in [-0.39, 0.29) is 0 Å². The fourth-order valence-electron chi connectivity index (χ4n) is 1.82. The van der Waals surface area contributed by atoms with Crippen molar-refractivity contribution < 1.29 is 0 Å². The van der Waals surface area contributed by atoms with Gasteiger partial charge in [0.05, 0.1) is 12.2 Å². The van der Waals surface area contributed by atoms with Crippen LogP contribution in [0.25, 0.3) is 0 Å². The lowest BCUT2D eigenvalue weighted by atomic mass is 10.2. The van der Waals surface area contributed by atoms with Crippen molar-refractivity contribution >= 4 is 21.6 Å². The van der Waals surface area contributed by atoms with Gasteiger partial charge >= 0.3 is 0 Å². The zero-order valence-electron chi connectivity index (χ0n) is 9.81. The van der Waals surface area contributed by atoms with Gasteiger partial charge in [-0.1, -0.05) is 40.2 Å². The first-order valence-corrected chi connectivity index (χ1v) is 6.68. The lowest BCUT2D eigenvalue weighted by molar-refractivity contribution is 0.880. The molecule has 0 N–H and O–H groups in total. The summed E-state index contributed by atoms with van der Waals surface area (Å²) in [6, 6.07) is 14.4. The molecule has 0 unspecified atom stereocenters. The van der Waals surface area contributed by atoms with Crippen LogP contribution in [0.2, 0.25) is 0 Å². The molecule has 0 spiro atoms. The molecule has 3 heteroatoms. The predicted octanol–water partition coefficient (Wildman–Crippen LogP) is 3.61. The van der Waals surface area contributed by atoms with Gasteiger partial charge in [0.25, 0.3) is 0 Å². The highest BCUT2D eigenvalue weighted by molar-refractivity contribution is 9.08. The Morgan fingerprint density at radius 2 is 1.88 bits per heavy atom. The van der Waals surface area contributed by atoms with Crippen LogP contribution in [-0.4, -0.2) is 12.0 Å². The molecule has 0 aliphatic rings. The van der Waals surface area contributed by atoms with Crippen molar-refractivity contribution in [3.63, 3.8) is 0 Å². The van der Waals surface area contributed by atoms with Gasteiger partial charge in [0.15, 0.2) is 0 Å². The van der Waals surface area contributed by atoms with Crippen molar-refractivity contribution in [3.05, 3.63) is 59.9 Å². The third kappa shape index (κ3) is 3.07. The number of hydrogen-bond acceptors (Lipinski definition) is 2. The lowest BCUT2D eigenvalue weighted by Crippen LogP contribution is -2.18. The standard InChI is InChI=1S/C14H15BrN2/c1-17(11-13-7-4-5-9-16-13)14-8-3-2-6-12(14)10-15/h2-9H,10-11H2,1H3. The van der Waals surface area contributed by atoms with E-state index in [2.05, 4.69) is 57.1 Å². The second-order valence-corrected chi connectivity index (χ2v) is 4.50. The summed E-state index contributed by atoms with van der Waals surface area (Å²) in [7, 11) is 2.09. The fraction of sp³-hybridized carbons (Fsp3) is 0.214. The maximum atomic E-state index is 4.35. The summed E-state index contributed by atoms with van der Waals surface area (Å²) in [4.78, 5) is 6.57. The second-order valence-electron chi connectivity index (χ2n) is 3.94. The Morgan fingerprint density at radius 3 is 2.59 bits per heavy atom. The van der Waals surface area contributed by atoms with Crippen molar-refractivity contribution in [2.75, 3.05) is 11.9 Å². The second kappa shape index (κ2) is 5.82. The van der Waals surface area contributed by atoms with Crippen molar-refractivity contribution in [1.29, 1.82) is 0 Å². The van der Waals surface area contributed by atoms with Gasteiger partial charge in [-0.15, -0.1) is 0 Å². The van der Waals surface area contributed by atoms with Gasteiger partial charge in [0, 0.05) is 24.3 Å². The van der Waals surface area contributed by atoms with E-state index in [1.807, 2.05) is 24.4 Å². The molecule has 0 fully saturated rings. The summed E-state index contributed by atoms with van der Waals surface area (Å²) < 4.78 is 0. The number of para-hydroxylation sites is 1. The summed E-state index contributed by atoms with van der Waals surface area (Å²) >= 11 is 3.52. The summed E-state index contributed by atoms with van der Waals surface area (Å²) in [5, 5.41) is 0.871. The number of anilines is 1. The maximum Gasteiger partial charge on any atom is 0.0598 e. The molecule has 17 heavy (non-hydrogen) atoms. The first-order valence-electron chi connectivity index (χ1n) is 5.56. The van der Waals surface area contributed by atoms with Crippen LogP contribution in [0, 0.1) is 0 Å². The third-order valence-electron chi connectivity index (χ3n) is 2.67. The average Bonchev–Trinajstić information content (AvgIpc) is 2.40. The van der Waals surface area contributed by atoms with Crippen LogP contribution in [0.1, 0.15) is 11.3 Å². The first-order chi connectivity index (χ1) is 8.31. The van der Waals surface area contributed by atoms with Crippen molar-refractivity contribution in [2.24, 2.45) is 0 Å². The molecule has 0 atom stereocenters. The molecule has 2 aromatic rings. The Bertz CT molecular complexity index is 471. The van der Waals surface area contributed by atoms with Gasteiger partial charge in [0.1, 0.15) is 0 Å². The van der Waals surface area contributed by atoms with E-state index in [9.17, 15) is 0 Å². The largest absolute Gasteiger partial charge is 0.368 e. The molecule has 1 heterocycles. The van der Waals surface area contributed by atoms with E-state index in [0.717, 1.165) is 17.6 Å². The lowest BCUT2D eigenvalue weighted by Gasteiger charge is -2.21. The highest BCUT2D eigenvalue weighted by Crippen LogP contribution is 2.22. The molecule has 2 rings (SSSR count). The number of nitrogens with zero attached hydrogens (tertiary/aromatic N) is 2. The van der Waals surface area contributed by atoms with Crippen LogP contribution in [-0.2, 0) is 11.9 Å². The first kappa shape index (κ1) is 12.1. The minimum absolute atomic E-state index is 0.824. The number of aromatic nitrogens is 1. The van der Waals surface area contributed by atoms with E-state index in [1.54, 1.807) is 0 Å². The Balaban J connectivity index is 2.17. The van der Waals surface area contributed by atoms with Gasteiger partial charge < -0.3 is 4.90 Å². The molecule has 0 radical (unpaired) electrons. The maximum absolute atomic E-state index is 4.35. The van der Waals surface area contributed by atoms with Gasteiger partial charge in [-0.05, 0) is 23.8 Å². The number of pyridine rings is 1. The number of hydrogen-bond donors (Lipinski definition) is 0. The predicted molar refractivity (Wildman–Crippen MR) is 75.4 cm³/mol. The van der Waals surface area contributed by atoms with Gasteiger partial charge in [-0.3, -0.25) is 4.98 Å². The van der Waals surface area contributed by atoms with Crippen LogP contribution in [0.15, 0.2) is 48.7 Å². The molecule has 0 aliphatic carbocycles. The van der Waals surface area contributed by atoms with Crippen molar-refractivity contribution in [1.82, 2.24) is 4.98 Å². The smallest absolute Gasteiger partial charge is 0.0598 e. The number of alkyl halides is 1. The summed E-state index contributed by atoms with van der Waals surface area (Å²) in [5.74, 6) is 0. The van der Waals surface area contributed by atoms with Crippen LogP contribution in [0.3, 0.4) is 0 Å². The van der Waals surface area contributed by atoms with Gasteiger partial charge in [-0.25, -0.2) is 0 Å². The highest BCUT2D eigenvalue weighted by Gasteiger charge is 2.06. The molecule has 0 saturated heterocycles. The number of halogens is 1. The number of rotatable bonds is 4. The van der Waals surface area contributed by atoms with E-state index in [1.165, 1.54) is 11.3 Å². The van der Waals surface area contributed by atoms with E-state index >= 15 is 0 Å². The van der Waals surface area contributed by atoms with E-state index < -0.39 is 0 Å². The minimum atomic E-state index is 0.824. The molecule has 88 valence electrons. The summed E-state index contributed by atoms with van der Waals surface area (Å²) in [6.07, 6.45) is 1.83. The van der Waals surface area contributed by atoms with Crippen LogP contribution < -0.4 is 4.90 Å².